The Morgan fingerprint density at radius 1 is 1.44 bits per heavy atom. The molecule has 1 atom stereocenters. The number of benzene rings is 1. The molecule has 1 aromatic carbocycles. The quantitative estimate of drug-likeness (QED) is 0.823. The van der Waals surface area contributed by atoms with Crippen LogP contribution in [0.15, 0.2) is 24.3 Å². The highest BCUT2D eigenvalue weighted by molar-refractivity contribution is 6.30. The van der Waals surface area contributed by atoms with Gasteiger partial charge in [-0.3, -0.25) is 10.1 Å². The van der Waals surface area contributed by atoms with Crippen molar-refractivity contribution in [1.82, 2.24) is 10.6 Å². The zero-order valence-electron chi connectivity index (χ0n) is 9.22. The zero-order valence-corrected chi connectivity index (χ0v) is 9.97. The molecule has 0 spiro atoms. The predicted octanol–water partition coefficient (Wildman–Crippen LogP) is 1.66. The smallest absolute Gasteiger partial charge is 0.244 e. The van der Waals surface area contributed by atoms with Crippen LogP contribution in [-0.4, -0.2) is 19.0 Å². The van der Waals surface area contributed by atoms with Crippen molar-refractivity contribution in [3.63, 3.8) is 0 Å². The van der Waals surface area contributed by atoms with Crippen LogP contribution in [0.3, 0.4) is 0 Å². The molecule has 0 saturated carbocycles. The first kappa shape index (κ1) is 11.4. The molecule has 1 amide bonds. The Bertz CT molecular complexity index is 408. The maximum absolute atomic E-state index is 12.0. The van der Waals surface area contributed by atoms with E-state index in [1.807, 2.05) is 31.2 Å². The summed E-state index contributed by atoms with van der Waals surface area (Å²) < 4.78 is 0. The Morgan fingerprint density at radius 2 is 2.25 bits per heavy atom. The van der Waals surface area contributed by atoms with Crippen molar-refractivity contribution in [1.29, 1.82) is 0 Å². The van der Waals surface area contributed by atoms with Crippen LogP contribution >= 0.6 is 11.6 Å². The van der Waals surface area contributed by atoms with Gasteiger partial charge in [-0.25, -0.2) is 0 Å². The van der Waals surface area contributed by atoms with E-state index in [4.69, 9.17) is 11.6 Å². The second-order valence-corrected chi connectivity index (χ2v) is 4.39. The van der Waals surface area contributed by atoms with Gasteiger partial charge >= 0.3 is 0 Å². The number of hydrogen-bond donors (Lipinski definition) is 2. The summed E-state index contributed by atoms with van der Waals surface area (Å²) in [6.45, 7) is 3.46. The Labute approximate surface area is 100 Å². The van der Waals surface area contributed by atoms with Gasteiger partial charge in [0.15, 0.2) is 0 Å². The van der Waals surface area contributed by atoms with E-state index in [0.29, 0.717) is 18.0 Å². The van der Waals surface area contributed by atoms with Crippen molar-refractivity contribution in [2.24, 2.45) is 0 Å². The van der Waals surface area contributed by atoms with E-state index in [1.54, 1.807) is 0 Å². The van der Waals surface area contributed by atoms with Gasteiger partial charge in [0.1, 0.15) is 5.54 Å². The molecule has 1 aliphatic rings. The molecule has 2 N–H and O–H groups in total. The number of halogens is 1. The van der Waals surface area contributed by atoms with Gasteiger partial charge in [-0.1, -0.05) is 30.7 Å². The van der Waals surface area contributed by atoms with Crippen molar-refractivity contribution in [2.45, 2.75) is 18.9 Å². The SMILES string of the molecule is CCC1(c2cccc(Cl)c2)NCCNC1=O. The Balaban J connectivity index is 2.44. The highest BCUT2D eigenvalue weighted by Gasteiger charge is 2.39. The Hall–Kier alpha value is -1.06. The van der Waals surface area contributed by atoms with Crippen molar-refractivity contribution in [2.75, 3.05) is 13.1 Å². The Kier molecular flexibility index (Phi) is 3.17. The summed E-state index contributed by atoms with van der Waals surface area (Å²) in [5.41, 5.74) is 0.308. The lowest BCUT2D eigenvalue weighted by atomic mass is 9.85. The molecule has 1 aliphatic heterocycles. The van der Waals surface area contributed by atoms with Crippen LogP contribution in [0.1, 0.15) is 18.9 Å². The highest BCUT2D eigenvalue weighted by atomic mass is 35.5. The zero-order chi connectivity index (χ0) is 11.6. The van der Waals surface area contributed by atoms with Crippen LogP contribution < -0.4 is 10.6 Å². The molecule has 1 saturated heterocycles. The molecule has 0 bridgehead atoms. The predicted molar refractivity (Wildman–Crippen MR) is 64.4 cm³/mol. The molecule has 0 aliphatic carbocycles. The molecule has 1 aromatic rings. The van der Waals surface area contributed by atoms with E-state index >= 15 is 0 Å². The van der Waals surface area contributed by atoms with Crippen molar-refractivity contribution in [3.05, 3.63) is 34.9 Å². The molecule has 1 unspecified atom stereocenters. The summed E-state index contributed by atoms with van der Waals surface area (Å²) >= 11 is 5.97. The molecule has 4 heteroatoms. The highest BCUT2D eigenvalue weighted by Crippen LogP contribution is 2.28. The van der Waals surface area contributed by atoms with E-state index in [-0.39, 0.29) is 5.91 Å². The Morgan fingerprint density at radius 3 is 2.88 bits per heavy atom. The van der Waals surface area contributed by atoms with Crippen LogP contribution in [0.4, 0.5) is 0 Å². The lowest BCUT2D eigenvalue weighted by molar-refractivity contribution is -0.129. The van der Waals surface area contributed by atoms with Gasteiger partial charge in [0.05, 0.1) is 0 Å². The normalized spacial score (nSPS) is 25.2. The monoisotopic (exact) mass is 238 g/mol. The topological polar surface area (TPSA) is 41.1 Å². The number of carbonyl (C=O) groups excluding carboxylic acids is 1. The maximum Gasteiger partial charge on any atom is 0.244 e. The fourth-order valence-electron chi connectivity index (χ4n) is 2.16. The molecular formula is C12H15ClN2O. The summed E-state index contributed by atoms with van der Waals surface area (Å²) in [6, 6.07) is 7.48. The third-order valence-corrected chi connectivity index (χ3v) is 3.31. The van der Waals surface area contributed by atoms with Gasteiger partial charge in [0.2, 0.25) is 5.91 Å². The second kappa shape index (κ2) is 4.44. The van der Waals surface area contributed by atoms with Crippen molar-refractivity contribution in [3.8, 4) is 0 Å². The molecule has 2 rings (SSSR count). The van der Waals surface area contributed by atoms with Gasteiger partial charge in [-0.2, -0.15) is 0 Å². The van der Waals surface area contributed by atoms with Gasteiger partial charge in [0, 0.05) is 18.1 Å². The second-order valence-electron chi connectivity index (χ2n) is 3.95. The minimum absolute atomic E-state index is 0.0310. The average molecular weight is 239 g/mol. The van der Waals surface area contributed by atoms with Crippen LogP contribution in [0, 0.1) is 0 Å². The summed E-state index contributed by atoms with van der Waals surface area (Å²) in [4.78, 5) is 12.0. The number of nitrogens with one attached hydrogen (secondary N) is 2. The number of piperazine rings is 1. The van der Waals surface area contributed by atoms with Gasteiger partial charge in [-0.15, -0.1) is 0 Å². The molecule has 1 heterocycles. The lowest BCUT2D eigenvalue weighted by Crippen LogP contribution is -2.60. The van der Waals surface area contributed by atoms with Gasteiger partial charge in [0.25, 0.3) is 0 Å². The first-order valence-corrected chi connectivity index (χ1v) is 5.86. The van der Waals surface area contributed by atoms with Crippen molar-refractivity contribution >= 4 is 17.5 Å². The third kappa shape index (κ3) is 1.81. The number of amides is 1. The van der Waals surface area contributed by atoms with Crippen LogP contribution in [-0.2, 0) is 10.3 Å². The molecule has 0 aromatic heterocycles. The first-order valence-electron chi connectivity index (χ1n) is 5.48. The van der Waals surface area contributed by atoms with Crippen LogP contribution in [0.2, 0.25) is 5.02 Å². The van der Waals surface area contributed by atoms with Crippen LogP contribution in [0.25, 0.3) is 0 Å². The van der Waals surface area contributed by atoms with Gasteiger partial charge < -0.3 is 5.32 Å². The summed E-state index contributed by atoms with van der Waals surface area (Å²) in [5, 5.41) is 6.86. The third-order valence-electron chi connectivity index (χ3n) is 3.07. The largest absolute Gasteiger partial charge is 0.353 e. The first-order chi connectivity index (χ1) is 7.69. The number of carbonyl (C=O) groups is 1. The number of rotatable bonds is 2. The average Bonchev–Trinajstić information content (AvgIpc) is 2.30. The summed E-state index contributed by atoms with van der Waals surface area (Å²) in [5.74, 6) is 0.0310. The molecular weight excluding hydrogens is 224 g/mol. The van der Waals surface area contributed by atoms with E-state index in [2.05, 4.69) is 10.6 Å². The van der Waals surface area contributed by atoms with E-state index < -0.39 is 5.54 Å². The maximum atomic E-state index is 12.0. The fraction of sp³-hybridized carbons (Fsp3) is 0.417. The number of hydrogen-bond acceptors (Lipinski definition) is 2. The molecule has 1 fully saturated rings. The van der Waals surface area contributed by atoms with Crippen molar-refractivity contribution < 1.29 is 4.79 Å². The summed E-state index contributed by atoms with van der Waals surface area (Å²) in [6.07, 6.45) is 0.708. The molecule has 0 radical (unpaired) electrons. The van der Waals surface area contributed by atoms with Crippen LogP contribution in [0.5, 0.6) is 0 Å². The standard InChI is InChI=1S/C12H15ClN2O/c1-2-12(11(16)14-6-7-15-12)9-4-3-5-10(13)8-9/h3-5,8,15H,2,6-7H2,1H3,(H,14,16). The van der Waals surface area contributed by atoms with E-state index in [0.717, 1.165) is 12.1 Å². The summed E-state index contributed by atoms with van der Waals surface area (Å²) in [7, 11) is 0. The molecule has 16 heavy (non-hydrogen) atoms. The lowest BCUT2D eigenvalue weighted by Gasteiger charge is -2.37. The van der Waals surface area contributed by atoms with E-state index in [1.165, 1.54) is 0 Å². The van der Waals surface area contributed by atoms with Gasteiger partial charge in [-0.05, 0) is 24.1 Å². The minimum atomic E-state index is -0.622. The minimum Gasteiger partial charge on any atom is -0.353 e. The molecule has 86 valence electrons. The fourth-order valence-corrected chi connectivity index (χ4v) is 2.35. The molecule has 3 nitrogen and oxygen atoms in total. The van der Waals surface area contributed by atoms with E-state index in [9.17, 15) is 4.79 Å².